The van der Waals surface area contributed by atoms with Gasteiger partial charge in [-0.1, -0.05) is 11.6 Å². The first-order valence-electron chi connectivity index (χ1n) is 8.52. The van der Waals surface area contributed by atoms with Crippen LogP contribution in [0.25, 0.3) is 11.0 Å². The predicted molar refractivity (Wildman–Crippen MR) is 104 cm³/mol. The highest BCUT2D eigenvalue weighted by Crippen LogP contribution is 2.35. The fourth-order valence-electron chi connectivity index (χ4n) is 3.03. The number of benzene rings is 2. The molecule has 3 rings (SSSR count). The molecule has 6 nitrogen and oxygen atoms in total. The number of carbonyl (C=O) groups excluding carboxylic acids is 2. The fourth-order valence-corrected chi connectivity index (χ4v) is 3.27. The lowest BCUT2D eigenvalue weighted by atomic mass is 9.89. The van der Waals surface area contributed by atoms with Gasteiger partial charge in [0.15, 0.2) is 5.78 Å². The highest BCUT2D eigenvalue weighted by Gasteiger charge is 2.28. The van der Waals surface area contributed by atoms with E-state index in [0.717, 1.165) is 18.2 Å². The Morgan fingerprint density at radius 2 is 1.83 bits per heavy atom. The van der Waals surface area contributed by atoms with Gasteiger partial charge in [0, 0.05) is 29.5 Å². The van der Waals surface area contributed by atoms with Crippen LogP contribution in [-0.4, -0.2) is 26.0 Å². The van der Waals surface area contributed by atoms with E-state index < -0.39 is 29.1 Å². The number of ketones is 1. The van der Waals surface area contributed by atoms with Crippen molar-refractivity contribution in [2.75, 3.05) is 14.2 Å². The van der Waals surface area contributed by atoms with Crippen molar-refractivity contribution >= 4 is 34.3 Å². The van der Waals surface area contributed by atoms with Crippen LogP contribution in [0.5, 0.6) is 5.75 Å². The number of ether oxygens (including phenoxy) is 2. The van der Waals surface area contributed by atoms with Gasteiger partial charge in [0.2, 0.25) is 0 Å². The second kappa shape index (κ2) is 8.45. The first-order chi connectivity index (χ1) is 13.8. The lowest BCUT2D eigenvalue weighted by Crippen LogP contribution is -2.20. The van der Waals surface area contributed by atoms with Gasteiger partial charge in [-0.15, -0.1) is 0 Å². The summed E-state index contributed by atoms with van der Waals surface area (Å²) in [5.41, 5.74) is -0.0905. The third kappa shape index (κ3) is 4.30. The van der Waals surface area contributed by atoms with Gasteiger partial charge in [-0.25, -0.2) is 9.18 Å². The number of Topliss-reactive ketones (excluding diaryl/α,β-unsaturated/α-hetero) is 1. The van der Waals surface area contributed by atoms with E-state index in [-0.39, 0.29) is 33.9 Å². The fraction of sp³-hybridized carbons (Fsp3) is 0.190. The second-order valence-corrected chi connectivity index (χ2v) is 6.62. The maximum Gasteiger partial charge on any atom is 0.336 e. The molecule has 29 heavy (non-hydrogen) atoms. The van der Waals surface area contributed by atoms with Gasteiger partial charge in [0.05, 0.1) is 25.2 Å². The summed E-state index contributed by atoms with van der Waals surface area (Å²) >= 11 is 6.19. The molecule has 1 heterocycles. The molecule has 0 spiro atoms. The summed E-state index contributed by atoms with van der Waals surface area (Å²) in [6.45, 7) is 0. The zero-order valence-electron chi connectivity index (χ0n) is 15.5. The molecule has 0 amide bonds. The summed E-state index contributed by atoms with van der Waals surface area (Å²) in [6, 6.07) is 9.00. The smallest absolute Gasteiger partial charge is 0.336 e. The lowest BCUT2D eigenvalue weighted by Gasteiger charge is -2.16. The van der Waals surface area contributed by atoms with Gasteiger partial charge < -0.3 is 13.9 Å². The minimum absolute atomic E-state index is 0.150. The average Bonchev–Trinajstić information content (AvgIpc) is 2.71. The molecule has 150 valence electrons. The van der Waals surface area contributed by atoms with Crippen LogP contribution in [0.1, 0.15) is 28.3 Å². The number of methoxy groups -OCH3 is 2. The van der Waals surface area contributed by atoms with Crippen molar-refractivity contribution < 1.29 is 27.9 Å². The highest BCUT2D eigenvalue weighted by atomic mass is 35.5. The molecule has 8 heteroatoms. The van der Waals surface area contributed by atoms with Crippen molar-refractivity contribution in [3.05, 3.63) is 74.9 Å². The summed E-state index contributed by atoms with van der Waals surface area (Å²) in [4.78, 5) is 37.2. The van der Waals surface area contributed by atoms with Gasteiger partial charge in [-0.2, -0.15) is 0 Å². The first-order valence-corrected chi connectivity index (χ1v) is 8.89. The summed E-state index contributed by atoms with van der Waals surface area (Å²) < 4.78 is 28.3. The van der Waals surface area contributed by atoms with Gasteiger partial charge >= 0.3 is 11.6 Å². The molecule has 0 fully saturated rings. The Labute approximate surface area is 169 Å². The first kappa shape index (κ1) is 20.5. The zero-order chi connectivity index (χ0) is 21.1. The van der Waals surface area contributed by atoms with Crippen LogP contribution in [0, 0.1) is 5.82 Å². The monoisotopic (exact) mass is 418 g/mol. The van der Waals surface area contributed by atoms with E-state index in [1.807, 2.05) is 0 Å². The molecule has 0 aliphatic carbocycles. The topological polar surface area (TPSA) is 82.8 Å². The summed E-state index contributed by atoms with van der Waals surface area (Å²) in [5.74, 6) is -2.41. The largest absolute Gasteiger partial charge is 0.495 e. The third-order valence-electron chi connectivity index (χ3n) is 4.47. The van der Waals surface area contributed by atoms with Crippen LogP contribution in [0.3, 0.4) is 0 Å². The van der Waals surface area contributed by atoms with Crippen LogP contribution >= 0.6 is 11.6 Å². The molecule has 1 aromatic heterocycles. The van der Waals surface area contributed by atoms with Crippen LogP contribution in [0.4, 0.5) is 4.39 Å². The lowest BCUT2D eigenvalue weighted by molar-refractivity contribution is -0.142. The van der Waals surface area contributed by atoms with E-state index in [2.05, 4.69) is 0 Å². The number of fused-ring (bicyclic) bond motifs is 1. The Kier molecular flexibility index (Phi) is 5.98. The van der Waals surface area contributed by atoms with E-state index in [0.29, 0.717) is 5.39 Å². The van der Waals surface area contributed by atoms with Crippen LogP contribution < -0.4 is 10.4 Å². The van der Waals surface area contributed by atoms with E-state index in [1.54, 1.807) is 0 Å². The SMILES string of the molecule is COC(=O)[C@@H](CC(=O)c1ccc(F)cc1)c1cc(=O)oc2cc(OC)c(Cl)cc12. The molecule has 0 aliphatic rings. The Hall–Kier alpha value is -3.19. The number of hydrogen-bond acceptors (Lipinski definition) is 6. The summed E-state index contributed by atoms with van der Waals surface area (Å²) in [6.07, 6.45) is -0.291. The number of rotatable bonds is 6. The molecule has 0 radical (unpaired) electrons. The Morgan fingerprint density at radius 1 is 1.14 bits per heavy atom. The van der Waals surface area contributed by atoms with Crippen molar-refractivity contribution in [1.82, 2.24) is 0 Å². The maximum atomic E-state index is 13.1. The Bertz CT molecular complexity index is 1140. The number of halogens is 2. The summed E-state index contributed by atoms with van der Waals surface area (Å²) in [5, 5.41) is 0.612. The Balaban J connectivity index is 2.11. The Morgan fingerprint density at radius 3 is 2.45 bits per heavy atom. The quantitative estimate of drug-likeness (QED) is 0.340. The van der Waals surface area contributed by atoms with Gasteiger partial charge in [-0.05, 0) is 35.9 Å². The van der Waals surface area contributed by atoms with Crippen molar-refractivity contribution in [3.63, 3.8) is 0 Å². The minimum atomic E-state index is -1.09. The molecule has 0 saturated heterocycles. The molecular weight excluding hydrogens is 403 g/mol. The molecule has 0 N–H and O–H groups in total. The van der Waals surface area contributed by atoms with E-state index in [9.17, 15) is 18.8 Å². The van der Waals surface area contributed by atoms with Gasteiger partial charge in [0.25, 0.3) is 0 Å². The van der Waals surface area contributed by atoms with E-state index >= 15 is 0 Å². The van der Waals surface area contributed by atoms with Gasteiger partial charge in [0.1, 0.15) is 17.1 Å². The predicted octanol–water partition coefficient (Wildman–Crippen LogP) is 4.12. The average molecular weight is 419 g/mol. The molecule has 0 unspecified atom stereocenters. The molecular formula is C21H16ClFO6. The molecule has 0 bridgehead atoms. The molecule has 2 aromatic carbocycles. The number of carbonyl (C=O) groups is 2. The highest BCUT2D eigenvalue weighted by molar-refractivity contribution is 6.32. The summed E-state index contributed by atoms with van der Waals surface area (Å²) in [7, 11) is 2.59. The molecule has 1 atom stereocenters. The van der Waals surface area contributed by atoms with Crippen LogP contribution in [0.2, 0.25) is 5.02 Å². The standard InChI is InChI=1S/C21H16ClFO6/c1-27-19-10-18-14(7-16(19)22)13(9-20(25)29-18)15(21(26)28-2)8-17(24)11-3-5-12(23)6-4-11/h3-7,9-10,15H,8H2,1-2H3/t15-/m0/s1. The maximum absolute atomic E-state index is 13.1. The number of hydrogen-bond donors (Lipinski definition) is 0. The van der Waals surface area contributed by atoms with Crippen LogP contribution in [-0.2, 0) is 9.53 Å². The van der Waals surface area contributed by atoms with E-state index in [4.69, 9.17) is 25.5 Å². The van der Waals surface area contributed by atoms with E-state index in [1.165, 1.54) is 38.5 Å². The second-order valence-electron chi connectivity index (χ2n) is 6.21. The van der Waals surface area contributed by atoms with Crippen molar-refractivity contribution in [2.45, 2.75) is 12.3 Å². The zero-order valence-corrected chi connectivity index (χ0v) is 16.3. The minimum Gasteiger partial charge on any atom is -0.495 e. The third-order valence-corrected chi connectivity index (χ3v) is 4.76. The van der Waals surface area contributed by atoms with Crippen LogP contribution in [0.15, 0.2) is 51.7 Å². The van der Waals surface area contributed by atoms with Crippen molar-refractivity contribution in [3.8, 4) is 5.75 Å². The molecule has 0 aliphatic heterocycles. The van der Waals surface area contributed by atoms with Crippen molar-refractivity contribution in [1.29, 1.82) is 0 Å². The number of esters is 1. The molecule has 0 saturated carbocycles. The van der Waals surface area contributed by atoms with Crippen molar-refractivity contribution in [2.24, 2.45) is 0 Å². The van der Waals surface area contributed by atoms with Gasteiger partial charge in [-0.3, -0.25) is 9.59 Å². The molecule has 3 aromatic rings. The normalized spacial score (nSPS) is 11.9.